The van der Waals surface area contributed by atoms with E-state index in [0.717, 1.165) is 6.42 Å². The van der Waals surface area contributed by atoms with Crippen LogP contribution in [0.15, 0.2) is 30.4 Å². The molecule has 0 aliphatic heterocycles. The summed E-state index contributed by atoms with van der Waals surface area (Å²) < 4.78 is 0. The third-order valence-corrected chi connectivity index (χ3v) is 2.62. The van der Waals surface area contributed by atoms with E-state index < -0.39 is 0 Å². The van der Waals surface area contributed by atoms with Gasteiger partial charge in [0.05, 0.1) is 0 Å². The molecular weight excluding hydrogens is 156 g/mol. The summed E-state index contributed by atoms with van der Waals surface area (Å²) in [7, 11) is 0. The summed E-state index contributed by atoms with van der Waals surface area (Å²) in [6, 6.07) is 4.57. The third-order valence-electron chi connectivity index (χ3n) is 2.62. The van der Waals surface area contributed by atoms with E-state index in [0.29, 0.717) is 0 Å². The highest BCUT2D eigenvalue weighted by atomic mass is 14.1. The van der Waals surface area contributed by atoms with E-state index in [1.807, 2.05) is 0 Å². The summed E-state index contributed by atoms with van der Waals surface area (Å²) in [5, 5.41) is 0. The number of aryl methyl sites for hydroxylation is 2. The molecule has 0 heteroatoms. The number of rotatable bonds is 0. The van der Waals surface area contributed by atoms with Crippen LogP contribution in [0.5, 0.6) is 0 Å². The summed E-state index contributed by atoms with van der Waals surface area (Å²) >= 11 is 0. The monoisotopic (exact) mass is 170 g/mol. The van der Waals surface area contributed by atoms with Crippen molar-refractivity contribution in [3.8, 4) is 0 Å². The Labute approximate surface area is 79.6 Å². The van der Waals surface area contributed by atoms with Crippen molar-refractivity contribution in [1.82, 2.24) is 0 Å². The normalized spacial score (nSPS) is 14.0. The minimum atomic E-state index is 1.06. The van der Waals surface area contributed by atoms with Crippen LogP contribution >= 0.6 is 0 Å². The molecule has 1 aromatic rings. The molecule has 1 aromatic carbocycles. The predicted octanol–water partition coefficient (Wildman–Crippen LogP) is 3.43. The van der Waals surface area contributed by atoms with Crippen LogP contribution in [-0.2, 0) is 6.42 Å². The fourth-order valence-electron chi connectivity index (χ4n) is 1.66. The van der Waals surface area contributed by atoms with Gasteiger partial charge in [0, 0.05) is 0 Å². The van der Waals surface area contributed by atoms with Gasteiger partial charge in [-0.05, 0) is 42.5 Å². The average molecular weight is 170 g/mol. The average Bonchev–Trinajstić information content (AvgIpc) is 2.31. The van der Waals surface area contributed by atoms with Crippen molar-refractivity contribution < 1.29 is 0 Å². The van der Waals surface area contributed by atoms with Crippen molar-refractivity contribution in [2.75, 3.05) is 0 Å². The first-order chi connectivity index (χ1) is 6.27. The van der Waals surface area contributed by atoms with E-state index >= 15 is 0 Å². The third kappa shape index (κ3) is 1.57. The van der Waals surface area contributed by atoms with E-state index in [9.17, 15) is 0 Å². The minimum Gasteiger partial charge on any atom is -0.0801 e. The number of hydrogen-bond acceptors (Lipinski definition) is 0. The van der Waals surface area contributed by atoms with Crippen LogP contribution in [-0.4, -0.2) is 0 Å². The lowest BCUT2D eigenvalue weighted by Crippen LogP contribution is -1.90. The van der Waals surface area contributed by atoms with Crippen LogP contribution in [0.2, 0.25) is 0 Å². The quantitative estimate of drug-likeness (QED) is 0.559. The van der Waals surface area contributed by atoms with Crippen LogP contribution in [0.3, 0.4) is 0 Å². The number of hydrogen-bond donors (Lipinski definition) is 0. The highest BCUT2D eigenvalue weighted by Crippen LogP contribution is 2.20. The second kappa shape index (κ2) is 3.21. The van der Waals surface area contributed by atoms with Gasteiger partial charge in [-0.2, -0.15) is 0 Å². The number of benzene rings is 1. The van der Waals surface area contributed by atoms with E-state index in [1.54, 1.807) is 0 Å². The summed E-state index contributed by atoms with van der Waals surface area (Å²) in [4.78, 5) is 0. The molecule has 0 amide bonds. The van der Waals surface area contributed by atoms with E-state index in [1.165, 1.54) is 22.3 Å². The lowest BCUT2D eigenvalue weighted by atomic mass is 9.98. The number of fused-ring (bicyclic) bond motifs is 1. The SMILES string of the molecule is Cc1cc2c(cc1C)CC=CC=C2. The summed E-state index contributed by atoms with van der Waals surface area (Å²) in [6.45, 7) is 4.34. The number of allylic oxidation sites excluding steroid dienone is 3. The van der Waals surface area contributed by atoms with E-state index in [4.69, 9.17) is 0 Å². The Bertz CT molecular complexity index is 381. The zero-order valence-electron chi connectivity index (χ0n) is 8.17. The largest absolute Gasteiger partial charge is 0.0801 e. The molecule has 0 N–H and O–H groups in total. The van der Waals surface area contributed by atoms with Crippen LogP contribution in [0.1, 0.15) is 22.3 Å². The van der Waals surface area contributed by atoms with Gasteiger partial charge >= 0.3 is 0 Å². The van der Waals surface area contributed by atoms with Gasteiger partial charge in [-0.15, -0.1) is 0 Å². The predicted molar refractivity (Wildman–Crippen MR) is 57.8 cm³/mol. The fourth-order valence-corrected chi connectivity index (χ4v) is 1.66. The second-order valence-electron chi connectivity index (χ2n) is 3.63. The first kappa shape index (κ1) is 8.31. The molecular formula is C13H14. The molecule has 13 heavy (non-hydrogen) atoms. The van der Waals surface area contributed by atoms with Crippen LogP contribution in [0, 0.1) is 13.8 Å². The lowest BCUT2D eigenvalue weighted by molar-refractivity contribution is 1.21. The molecule has 0 saturated heterocycles. The first-order valence-electron chi connectivity index (χ1n) is 4.71. The molecule has 1 aliphatic rings. The van der Waals surface area contributed by atoms with Crippen LogP contribution in [0.25, 0.3) is 6.08 Å². The van der Waals surface area contributed by atoms with Crippen molar-refractivity contribution in [3.63, 3.8) is 0 Å². The Hall–Kier alpha value is -1.30. The minimum absolute atomic E-state index is 1.06. The molecule has 2 rings (SSSR count). The van der Waals surface area contributed by atoms with Gasteiger partial charge in [0.1, 0.15) is 0 Å². The van der Waals surface area contributed by atoms with Gasteiger partial charge in [0.15, 0.2) is 0 Å². The molecule has 0 fully saturated rings. The van der Waals surface area contributed by atoms with Gasteiger partial charge < -0.3 is 0 Å². The van der Waals surface area contributed by atoms with Gasteiger partial charge in [-0.25, -0.2) is 0 Å². The molecule has 0 atom stereocenters. The van der Waals surface area contributed by atoms with Gasteiger partial charge in [-0.1, -0.05) is 36.4 Å². The second-order valence-corrected chi connectivity index (χ2v) is 3.63. The van der Waals surface area contributed by atoms with Crippen LogP contribution < -0.4 is 0 Å². The molecule has 0 radical (unpaired) electrons. The Balaban J connectivity index is 2.58. The van der Waals surface area contributed by atoms with Gasteiger partial charge in [0.2, 0.25) is 0 Å². The van der Waals surface area contributed by atoms with Crippen molar-refractivity contribution >= 4 is 6.08 Å². The van der Waals surface area contributed by atoms with Crippen molar-refractivity contribution in [2.24, 2.45) is 0 Å². The highest BCUT2D eigenvalue weighted by Gasteiger charge is 2.02. The highest BCUT2D eigenvalue weighted by molar-refractivity contribution is 5.59. The Morgan fingerprint density at radius 1 is 1.00 bits per heavy atom. The Morgan fingerprint density at radius 3 is 2.62 bits per heavy atom. The Morgan fingerprint density at radius 2 is 1.77 bits per heavy atom. The maximum atomic E-state index is 2.30. The molecule has 66 valence electrons. The zero-order chi connectivity index (χ0) is 9.26. The van der Waals surface area contributed by atoms with Gasteiger partial charge in [-0.3, -0.25) is 0 Å². The smallest absolute Gasteiger partial charge is 0.00883 e. The molecule has 0 heterocycles. The molecule has 0 unspecified atom stereocenters. The van der Waals surface area contributed by atoms with Gasteiger partial charge in [0.25, 0.3) is 0 Å². The van der Waals surface area contributed by atoms with Crippen molar-refractivity contribution in [3.05, 3.63) is 52.6 Å². The standard InChI is InChI=1S/C13H14/c1-10-8-12-6-4-3-5-7-13(12)9-11(10)2/h3-6,8-9H,7H2,1-2H3. The molecule has 0 spiro atoms. The fraction of sp³-hybridized carbons (Fsp3) is 0.231. The first-order valence-corrected chi connectivity index (χ1v) is 4.71. The molecule has 0 bridgehead atoms. The molecule has 0 aromatic heterocycles. The molecule has 1 aliphatic carbocycles. The molecule has 0 nitrogen and oxygen atoms in total. The van der Waals surface area contributed by atoms with Crippen molar-refractivity contribution in [1.29, 1.82) is 0 Å². The zero-order valence-corrected chi connectivity index (χ0v) is 8.17. The Kier molecular flexibility index (Phi) is 2.05. The topological polar surface area (TPSA) is 0 Å². The molecule has 0 saturated carbocycles. The maximum Gasteiger partial charge on any atom is -0.00883 e. The summed E-state index contributed by atoms with van der Waals surface area (Å²) in [6.07, 6.45) is 9.68. The van der Waals surface area contributed by atoms with E-state index in [2.05, 4.69) is 50.3 Å². The summed E-state index contributed by atoms with van der Waals surface area (Å²) in [5.74, 6) is 0. The summed E-state index contributed by atoms with van der Waals surface area (Å²) in [5.41, 5.74) is 5.58. The van der Waals surface area contributed by atoms with Crippen LogP contribution in [0.4, 0.5) is 0 Å². The lowest BCUT2D eigenvalue weighted by Gasteiger charge is -2.07. The van der Waals surface area contributed by atoms with E-state index in [-0.39, 0.29) is 0 Å². The van der Waals surface area contributed by atoms with Crippen molar-refractivity contribution in [2.45, 2.75) is 20.3 Å². The maximum absolute atomic E-state index is 2.30.